The minimum atomic E-state index is -0.453. The molecule has 0 aromatic carbocycles. The monoisotopic (exact) mass is 214 g/mol. The first-order valence-corrected chi connectivity index (χ1v) is 4.37. The Morgan fingerprint density at radius 1 is 1.60 bits per heavy atom. The Kier molecular flexibility index (Phi) is 4.19. The number of aromatic nitrogens is 3. The van der Waals surface area contributed by atoms with Gasteiger partial charge in [0.15, 0.2) is 12.0 Å². The molecule has 7 heteroatoms. The zero-order valence-corrected chi connectivity index (χ0v) is 8.93. The third-order valence-electron chi connectivity index (χ3n) is 1.79. The molecule has 1 aromatic heterocycles. The molecule has 0 aliphatic heterocycles. The van der Waals surface area contributed by atoms with Crippen molar-refractivity contribution in [3.05, 3.63) is 11.9 Å². The van der Waals surface area contributed by atoms with E-state index in [9.17, 15) is 4.79 Å². The van der Waals surface area contributed by atoms with Crippen molar-refractivity contribution >= 4 is 5.91 Å². The van der Waals surface area contributed by atoms with E-state index >= 15 is 0 Å². The highest BCUT2D eigenvalue weighted by atomic mass is 16.7. The van der Waals surface area contributed by atoms with E-state index < -0.39 is 6.29 Å². The van der Waals surface area contributed by atoms with Crippen LogP contribution in [0.5, 0.6) is 0 Å². The van der Waals surface area contributed by atoms with Crippen molar-refractivity contribution in [3.63, 3.8) is 0 Å². The fraction of sp³-hybridized carbons (Fsp3) is 0.625. The third kappa shape index (κ3) is 3.30. The number of hydrogen-bond donors (Lipinski definition) is 1. The van der Waals surface area contributed by atoms with Crippen molar-refractivity contribution in [1.29, 1.82) is 0 Å². The summed E-state index contributed by atoms with van der Waals surface area (Å²) < 4.78 is 11.3. The zero-order valence-electron chi connectivity index (χ0n) is 8.93. The summed E-state index contributed by atoms with van der Waals surface area (Å²) in [4.78, 5) is 11.5. The van der Waals surface area contributed by atoms with Crippen molar-refractivity contribution in [2.45, 2.75) is 6.29 Å². The predicted molar refractivity (Wildman–Crippen MR) is 51.1 cm³/mol. The SMILES string of the molecule is COC(CNC(=O)c1cn(C)nn1)OC. The van der Waals surface area contributed by atoms with Crippen molar-refractivity contribution in [2.75, 3.05) is 20.8 Å². The van der Waals surface area contributed by atoms with Crippen molar-refractivity contribution in [1.82, 2.24) is 20.3 Å². The fourth-order valence-electron chi connectivity index (χ4n) is 0.981. The summed E-state index contributed by atoms with van der Waals surface area (Å²) in [6.07, 6.45) is 1.08. The lowest BCUT2D eigenvalue weighted by atomic mass is 10.4. The van der Waals surface area contributed by atoms with Gasteiger partial charge in [-0.15, -0.1) is 5.10 Å². The summed E-state index contributed by atoms with van der Waals surface area (Å²) in [7, 11) is 4.70. The Bertz CT molecular complexity index is 321. The summed E-state index contributed by atoms with van der Waals surface area (Å²) in [5.74, 6) is -0.304. The van der Waals surface area contributed by atoms with Gasteiger partial charge < -0.3 is 14.8 Å². The molecule has 1 N–H and O–H groups in total. The summed E-state index contributed by atoms with van der Waals surface area (Å²) >= 11 is 0. The first-order chi connectivity index (χ1) is 7.17. The molecule has 1 heterocycles. The number of nitrogens with zero attached hydrogens (tertiary/aromatic N) is 3. The van der Waals surface area contributed by atoms with Crippen LogP contribution in [0.3, 0.4) is 0 Å². The number of rotatable bonds is 5. The number of methoxy groups -OCH3 is 2. The minimum absolute atomic E-state index is 0.266. The molecule has 0 atom stereocenters. The lowest BCUT2D eigenvalue weighted by molar-refractivity contribution is -0.0974. The molecule has 1 aromatic rings. The van der Waals surface area contributed by atoms with Crippen LogP contribution in [0.2, 0.25) is 0 Å². The standard InChI is InChI=1S/C8H14N4O3/c1-12-5-6(10-11-12)8(13)9-4-7(14-2)15-3/h5,7H,4H2,1-3H3,(H,9,13). The molecule has 0 aliphatic rings. The van der Waals surface area contributed by atoms with Gasteiger partial charge in [-0.1, -0.05) is 5.21 Å². The van der Waals surface area contributed by atoms with Crippen molar-refractivity contribution in [2.24, 2.45) is 7.05 Å². The number of nitrogens with one attached hydrogen (secondary N) is 1. The Balaban J connectivity index is 2.42. The quantitative estimate of drug-likeness (QED) is 0.647. The van der Waals surface area contributed by atoms with Crippen molar-refractivity contribution in [3.8, 4) is 0 Å². The highest BCUT2D eigenvalue weighted by Crippen LogP contribution is 1.92. The van der Waals surface area contributed by atoms with Crippen LogP contribution in [0.15, 0.2) is 6.20 Å². The number of aryl methyl sites for hydroxylation is 1. The van der Waals surface area contributed by atoms with Crippen LogP contribution in [0, 0.1) is 0 Å². The molecule has 0 spiro atoms. The highest BCUT2D eigenvalue weighted by molar-refractivity contribution is 5.91. The van der Waals surface area contributed by atoms with Crippen LogP contribution in [-0.4, -0.2) is 48.0 Å². The molecule has 0 bridgehead atoms. The van der Waals surface area contributed by atoms with E-state index in [2.05, 4.69) is 15.6 Å². The Morgan fingerprint density at radius 3 is 2.73 bits per heavy atom. The molecule has 0 saturated heterocycles. The summed E-state index contributed by atoms with van der Waals surface area (Å²) in [6, 6.07) is 0. The van der Waals surface area contributed by atoms with Crippen LogP contribution in [-0.2, 0) is 16.5 Å². The zero-order chi connectivity index (χ0) is 11.3. The van der Waals surface area contributed by atoms with E-state index in [1.807, 2.05) is 0 Å². The van der Waals surface area contributed by atoms with Gasteiger partial charge in [-0.25, -0.2) is 0 Å². The van der Waals surface area contributed by atoms with Crippen LogP contribution >= 0.6 is 0 Å². The molecule has 1 amide bonds. The minimum Gasteiger partial charge on any atom is -0.354 e. The first kappa shape index (κ1) is 11.6. The maximum Gasteiger partial charge on any atom is 0.273 e. The lowest BCUT2D eigenvalue weighted by Gasteiger charge is -2.12. The largest absolute Gasteiger partial charge is 0.354 e. The van der Waals surface area contributed by atoms with Gasteiger partial charge in [-0.3, -0.25) is 9.48 Å². The second-order valence-electron chi connectivity index (χ2n) is 2.89. The second-order valence-corrected chi connectivity index (χ2v) is 2.89. The van der Waals surface area contributed by atoms with Gasteiger partial charge in [-0.2, -0.15) is 0 Å². The third-order valence-corrected chi connectivity index (χ3v) is 1.79. The molecule has 0 radical (unpaired) electrons. The number of amides is 1. The van der Waals surface area contributed by atoms with Gasteiger partial charge in [0.1, 0.15) is 0 Å². The normalized spacial score (nSPS) is 10.7. The summed E-state index contributed by atoms with van der Waals surface area (Å²) in [5.41, 5.74) is 0.267. The Hall–Kier alpha value is -1.47. The fourth-order valence-corrected chi connectivity index (χ4v) is 0.981. The summed E-state index contributed by atoms with van der Waals surface area (Å²) in [5, 5.41) is 9.92. The molecule has 0 unspecified atom stereocenters. The Morgan fingerprint density at radius 2 is 2.27 bits per heavy atom. The van der Waals surface area contributed by atoms with E-state index in [-0.39, 0.29) is 18.1 Å². The van der Waals surface area contributed by atoms with E-state index in [4.69, 9.17) is 9.47 Å². The number of ether oxygens (including phenoxy) is 2. The Labute approximate surface area is 87.4 Å². The van der Waals surface area contributed by atoms with Crippen LogP contribution in [0.1, 0.15) is 10.5 Å². The van der Waals surface area contributed by atoms with E-state index in [1.54, 1.807) is 7.05 Å². The smallest absolute Gasteiger partial charge is 0.273 e. The van der Waals surface area contributed by atoms with Gasteiger partial charge in [0.05, 0.1) is 12.7 Å². The van der Waals surface area contributed by atoms with Gasteiger partial charge in [0, 0.05) is 21.3 Å². The van der Waals surface area contributed by atoms with Crippen LogP contribution in [0.25, 0.3) is 0 Å². The van der Waals surface area contributed by atoms with Crippen LogP contribution in [0.4, 0.5) is 0 Å². The highest BCUT2D eigenvalue weighted by Gasteiger charge is 2.12. The molecule has 7 nitrogen and oxygen atoms in total. The molecule has 0 aliphatic carbocycles. The second kappa shape index (κ2) is 5.42. The van der Waals surface area contributed by atoms with Gasteiger partial charge >= 0.3 is 0 Å². The van der Waals surface area contributed by atoms with Gasteiger partial charge in [0.25, 0.3) is 5.91 Å². The van der Waals surface area contributed by atoms with Crippen molar-refractivity contribution < 1.29 is 14.3 Å². The maximum atomic E-state index is 11.5. The molecule has 0 saturated carbocycles. The molecule has 0 fully saturated rings. The molecular weight excluding hydrogens is 200 g/mol. The van der Waals surface area contributed by atoms with E-state index in [0.29, 0.717) is 0 Å². The first-order valence-electron chi connectivity index (χ1n) is 4.37. The predicted octanol–water partition coefficient (Wildman–Crippen LogP) is -0.836. The molecule has 1 rings (SSSR count). The number of carbonyl (C=O) groups is 1. The molecule has 84 valence electrons. The van der Waals surface area contributed by atoms with E-state index in [0.717, 1.165) is 0 Å². The number of hydrogen-bond acceptors (Lipinski definition) is 5. The maximum absolute atomic E-state index is 11.5. The number of carbonyl (C=O) groups excluding carboxylic acids is 1. The molecule has 15 heavy (non-hydrogen) atoms. The average Bonchev–Trinajstić information content (AvgIpc) is 2.66. The lowest BCUT2D eigenvalue weighted by Crippen LogP contribution is -2.34. The summed E-state index contributed by atoms with van der Waals surface area (Å²) in [6.45, 7) is 0.266. The van der Waals surface area contributed by atoms with Crippen LogP contribution < -0.4 is 5.32 Å². The van der Waals surface area contributed by atoms with Gasteiger partial charge in [-0.05, 0) is 0 Å². The average molecular weight is 214 g/mol. The van der Waals surface area contributed by atoms with Gasteiger partial charge in [0.2, 0.25) is 0 Å². The topological polar surface area (TPSA) is 78.3 Å². The van der Waals surface area contributed by atoms with E-state index in [1.165, 1.54) is 25.1 Å². The molecular formula is C8H14N4O3.